The molecule has 0 aliphatic carbocycles. The Morgan fingerprint density at radius 3 is 2.40 bits per heavy atom. The summed E-state index contributed by atoms with van der Waals surface area (Å²) < 4.78 is 15.7. The number of anilines is 1. The van der Waals surface area contributed by atoms with E-state index in [-0.39, 0.29) is 37.5 Å². The molecule has 0 bridgehead atoms. The highest BCUT2D eigenvalue weighted by Gasteiger charge is 2.34. The summed E-state index contributed by atoms with van der Waals surface area (Å²) in [6.45, 7) is 2.40. The maximum Gasteiger partial charge on any atom is 0.254 e. The van der Waals surface area contributed by atoms with Gasteiger partial charge in [-0.15, -0.1) is 0 Å². The lowest BCUT2D eigenvalue weighted by Gasteiger charge is -2.26. The first-order valence-electron chi connectivity index (χ1n) is 11.1. The normalized spacial score (nSPS) is 13.2. The van der Waals surface area contributed by atoms with Gasteiger partial charge in [-0.2, -0.15) is 0 Å². The van der Waals surface area contributed by atoms with Crippen LogP contribution in [0.2, 0.25) is 5.02 Å². The summed E-state index contributed by atoms with van der Waals surface area (Å²) in [5.74, 6) is 0.0430. The molecule has 10 heteroatoms. The number of methoxy groups -OCH3 is 3. The van der Waals surface area contributed by atoms with Crippen LogP contribution in [0.25, 0.3) is 0 Å². The second-order valence-corrected chi connectivity index (χ2v) is 8.52. The SMILES string of the molecule is COCCCN(CC(=O)N1CC(=O)N(c2cccc(Cl)c2C)C1)C(=O)c1cc(OC)cc(OC)c1. The van der Waals surface area contributed by atoms with Gasteiger partial charge in [0.15, 0.2) is 0 Å². The number of halogens is 1. The molecule has 2 aromatic carbocycles. The molecule has 1 heterocycles. The van der Waals surface area contributed by atoms with Crippen LogP contribution in [-0.4, -0.2) is 81.8 Å². The second kappa shape index (κ2) is 11.9. The van der Waals surface area contributed by atoms with Gasteiger partial charge in [-0.25, -0.2) is 0 Å². The van der Waals surface area contributed by atoms with Crippen LogP contribution in [0.3, 0.4) is 0 Å². The van der Waals surface area contributed by atoms with Gasteiger partial charge >= 0.3 is 0 Å². The van der Waals surface area contributed by atoms with E-state index in [4.69, 9.17) is 25.8 Å². The van der Waals surface area contributed by atoms with Crippen LogP contribution in [0.15, 0.2) is 36.4 Å². The highest BCUT2D eigenvalue weighted by molar-refractivity contribution is 6.31. The molecule has 3 amide bonds. The van der Waals surface area contributed by atoms with Gasteiger partial charge in [0, 0.05) is 42.6 Å². The smallest absolute Gasteiger partial charge is 0.254 e. The van der Waals surface area contributed by atoms with Crippen molar-refractivity contribution in [3.8, 4) is 11.5 Å². The molecule has 1 fully saturated rings. The van der Waals surface area contributed by atoms with Crippen molar-refractivity contribution < 1.29 is 28.6 Å². The van der Waals surface area contributed by atoms with Crippen LogP contribution in [0.4, 0.5) is 5.69 Å². The number of carbonyl (C=O) groups excluding carboxylic acids is 3. The fourth-order valence-electron chi connectivity index (χ4n) is 3.84. The highest BCUT2D eigenvalue weighted by Crippen LogP contribution is 2.29. The number of ether oxygens (including phenoxy) is 3. The number of amides is 3. The van der Waals surface area contributed by atoms with Gasteiger partial charge in [0.2, 0.25) is 11.8 Å². The summed E-state index contributed by atoms with van der Waals surface area (Å²) in [4.78, 5) is 43.7. The maximum atomic E-state index is 13.4. The first-order valence-corrected chi connectivity index (χ1v) is 11.5. The van der Waals surface area contributed by atoms with Gasteiger partial charge in [-0.1, -0.05) is 17.7 Å². The van der Waals surface area contributed by atoms with E-state index in [1.807, 2.05) is 6.92 Å². The quantitative estimate of drug-likeness (QED) is 0.463. The summed E-state index contributed by atoms with van der Waals surface area (Å²) in [5.41, 5.74) is 1.76. The lowest BCUT2D eigenvalue weighted by Crippen LogP contribution is -2.43. The molecule has 35 heavy (non-hydrogen) atoms. The molecule has 1 aliphatic rings. The fourth-order valence-corrected chi connectivity index (χ4v) is 4.01. The van der Waals surface area contributed by atoms with Gasteiger partial charge in [0.25, 0.3) is 5.91 Å². The van der Waals surface area contributed by atoms with Crippen molar-refractivity contribution in [1.82, 2.24) is 9.80 Å². The Balaban J connectivity index is 1.78. The molecule has 9 nitrogen and oxygen atoms in total. The van der Waals surface area contributed by atoms with E-state index in [1.165, 1.54) is 28.9 Å². The number of carbonyl (C=O) groups is 3. The molecule has 0 radical (unpaired) electrons. The van der Waals surface area contributed by atoms with Crippen LogP contribution in [0, 0.1) is 6.92 Å². The zero-order valence-electron chi connectivity index (χ0n) is 20.4. The third-order valence-corrected chi connectivity index (χ3v) is 6.22. The molecule has 0 saturated carbocycles. The Labute approximate surface area is 210 Å². The van der Waals surface area contributed by atoms with Crippen LogP contribution >= 0.6 is 11.6 Å². The molecular formula is C25H30ClN3O6. The van der Waals surface area contributed by atoms with E-state index >= 15 is 0 Å². The van der Waals surface area contributed by atoms with Crippen molar-refractivity contribution in [3.63, 3.8) is 0 Å². The van der Waals surface area contributed by atoms with Crippen LogP contribution in [0.1, 0.15) is 22.3 Å². The number of hydrogen-bond acceptors (Lipinski definition) is 6. The lowest BCUT2D eigenvalue weighted by molar-refractivity contribution is -0.132. The van der Waals surface area contributed by atoms with Crippen LogP contribution in [0.5, 0.6) is 11.5 Å². The summed E-state index contributed by atoms with van der Waals surface area (Å²) in [7, 11) is 4.58. The van der Waals surface area contributed by atoms with E-state index in [0.717, 1.165) is 5.56 Å². The molecule has 188 valence electrons. The minimum atomic E-state index is -0.347. The fraction of sp³-hybridized carbons (Fsp3) is 0.400. The minimum Gasteiger partial charge on any atom is -0.497 e. The predicted molar refractivity (Wildman–Crippen MR) is 132 cm³/mol. The van der Waals surface area contributed by atoms with Gasteiger partial charge in [0.1, 0.15) is 31.3 Å². The van der Waals surface area contributed by atoms with Crippen LogP contribution < -0.4 is 14.4 Å². The Morgan fingerprint density at radius 2 is 1.77 bits per heavy atom. The number of rotatable bonds is 10. The Hall–Kier alpha value is -3.30. The molecule has 0 spiro atoms. The average Bonchev–Trinajstić information content (AvgIpc) is 3.25. The first-order chi connectivity index (χ1) is 16.8. The number of benzene rings is 2. The Bertz CT molecular complexity index is 1070. The highest BCUT2D eigenvalue weighted by atomic mass is 35.5. The molecule has 0 atom stereocenters. The Kier molecular flexibility index (Phi) is 8.95. The summed E-state index contributed by atoms with van der Waals surface area (Å²) in [5, 5.41) is 0.545. The van der Waals surface area contributed by atoms with Gasteiger partial charge < -0.3 is 24.0 Å². The molecule has 2 aromatic rings. The van der Waals surface area contributed by atoms with E-state index < -0.39 is 0 Å². The lowest BCUT2D eigenvalue weighted by atomic mass is 10.1. The predicted octanol–water partition coefficient (Wildman–Crippen LogP) is 2.98. The molecule has 1 aliphatic heterocycles. The largest absolute Gasteiger partial charge is 0.497 e. The topological polar surface area (TPSA) is 88.6 Å². The summed E-state index contributed by atoms with van der Waals surface area (Å²) in [6, 6.07) is 10.2. The van der Waals surface area contributed by atoms with Crippen molar-refractivity contribution in [2.45, 2.75) is 13.3 Å². The van der Waals surface area contributed by atoms with Crippen LogP contribution in [-0.2, 0) is 14.3 Å². The third-order valence-electron chi connectivity index (χ3n) is 5.81. The minimum absolute atomic E-state index is 0.0716. The average molecular weight is 504 g/mol. The monoisotopic (exact) mass is 503 g/mol. The van der Waals surface area contributed by atoms with Crippen molar-refractivity contribution in [2.75, 3.05) is 59.1 Å². The van der Waals surface area contributed by atoms with Gasteiger partial charge in [-0.3, -0.25) is 19.3 Å². The van der Waals surface area contributed by atoms with Crippen molar-refractivity contribution in [3.05, 3.63) is 52.5 Å². The van der Waals surface area contributed by atoms with Crippen molar-refractivity contribution in [1.29, 1.82) is 0 Å². The molecule has 0 aromatic heterocycles. The maximum absolute atomic E-state index is 13.4. The zero-order valence-corrected chi connectivity index (χ0v) is 21.1. The standard InChI is InChI=1S/C25H30ClN3O6/c1-17-21(26)7-5-8-22(17)29-16-28(15-24(29)31)23(30)14-27(9-6-10-33-2)25(32)18-11-19(34-3)13-20(12-18)35-4/h5,7-8,11-13H,6,9-10,14-16H2,1-4H3. The van der Waals surface area contributed by atoms with Crippen molar-refractivity contribution >= 4 is 35.0 Å². The van der Waals surface area contributed by atoms with E-state index in [9.17, 15) is 14.4 Å². The molecule has 3 rings (SSSR count). The molecule has 0 N–H and O–H groups in total. The zero-order chi connectivity index (χ0) is 25.5. The summed E-state index contributed by atoms with van der Waals surface area (Å²) in [6.07, 6.45) is 0.545. The number of hydrogen-bond donors (Lipinski definition) is 0. The molecular weight excluding hydrogens is 474 g/mol. The first kappa shape index (κ1) is 26.3. The number of nitrogens with zero attached hydrogens (tertiary/aromatic N) is 3. The van der Waals surface area contributed by atoms with E-state index in [2.05, 4.69) is 0 Å². The molecule has 0 unspecified atom stereocenters. The van der Waals surface area contributed by atoms with Gasteiger partial charge in [-0.05, 0) is 43.2 Å². The third kappa shape index (κ3) is 6.23. The molecule has 1 saturated heterocycles. The van der Waals surface area contributed by atoms with Crippen molar-refractivity contribution in [2.24, 2.45) is 0 Å². The Morgan fingerprint density at radius 1 is 1.09 bits per heavy atom. The second-order valence-electron chi connectivity index (χ2n) is 8.11. The van der Waals surface area contributed by atoms with E-state index in [1.54, 1.807) is 43.5 Å². The summed E-state index contributed by atoms with van der Waals surface area (Å²) >= 11 is 6.21. The van der Waals surface area contributed by atoms with E-state index in [0.29, 0.717) is 47.3 Å². The van der Waals surface area contributed by atoms with Gasteiger partial charge in [0.05, 0.1) is 14.2 Å².